The van der Waals surface area contributed by atoms with Gasteiger partial charge in [-0.15, -0.1) is 0 Å². The standard InChI is InChI=1S/C10H21NO2/c1-10(2)8(6-13)7(5-12)9(10)11(3)4/h7-9,12-13H,5-6H2,1-4H3. The zero-order valence-corrected chi connectivity index (χ0v) is 8.99. The van der Waals surface area contributed by atoms with Gasteiger partial charge in [-0.1, -0.05) is 13.8 Å². The number of hydrogen-bond acceptors (Lipinski definition) is 3. The highest BCUT2D eigenvalue weighted by molar-refractivity contribution is 5.07. The van der Waals surface area contributed by atoms with E-state index in [0.29, 0.717) is 6.04 Å². The maximum absolute atomic E-state index is 9.20. The van der Waals surface area contributed by atoms with Gasteiger partial charge in [0.05, 0.1) is 0 Å². The van der Waals surface area contributed by atoms with Crippen molar-refractivity contribution in [2.45, 2.75) is 19.9 Å². The molecule has 0 aliphatic heterocycles. The maximum atomic E-state index is 9.20. The molecule has 3 unspecified atom stereocenters. The van der Waals surface area contributed by atoms with Crippen LogP contribution in [0.4, 0.5) is 0 Å². The first-order valence-corrected chi connectivity index (χ1v) is 4.85. The SMILES string of the molecule is CN(C)C1C(CO)C(CO)C1(C)C. The van der Waals surface area contributed by atoms with Crippen LogP contribution >= 0.6 is 0 Å². The summed E-state index contributed by atoms with van der Waals surface area (Å²) in [4.78, 5) is 2.15. The van der Waals surface area contributed by atoms with Crippen molar-refractivity contribution < 1.29 is 10.2 Å². The lowest BCUT2D eigenvalue weighted by atomic mass is 9.52. The van der Waals surface area contributed by atoms with Crippen molar-refractivity contribution >= 4 is 0 Å². The second kappa shape index (κ2) is 3.56. The molecule has 3 nitrogen and oxygen atoms in total. The molecule has 1 aliphatic rings. The molecule has 78 valence electrons. The van der Waals surface area contributed by atoms with Crippen molar-refractivity contribution in [3.63, 3.8) is 0 Å². The Labute approximate surface area is 80.4 Å². The van der Waals surface area contributed by atoms with Gasteiger partial charge in [0.25, 0.3) is 0 Å². The van der Waals surface area contributed by atoms with E-state index in [-0.39, 0.29) is 30.5 Å². The van der Waals surface area contributed by atoms with Crippen LogP contribution in [0.2, 0.25) is 0 Å². The summed E-state index contributed by atoms with van der Waals surface area (Å²) >= 11 is 0. The highest BCUT2D eigenvalue weighted by Gasteiger charge is 2.56. The third kappa shape index (κ3) is 1.49. The minimum absolute atomic E-state index is 0.117. The van der Waals surface area contributed by atoms with E-state index in [1.54, 1.807) is 0 Å². The van der Waals surface area contributed by atoms with E-state index < -0.39 is 0 Å². The zero-order chi connectivity index (χ0) is 10.2. The lowest BCUT2D eigenvalue weighted by Gasteiger charge is -2.60. The summed E-state index contributed by atoms with van der Waals surface area (Å²) in [6.45, 7) is 4.68. The fourth-order valence-electron chi connectivity index (χ4n) is 3.07. The topological polar surface area (TPSA) is 43.7 Å². The highest BCUT2D eigenvalue weighted by atomic mass is 16.3. The summed E-state index contributed by atoms with van der Waals surface area (Å²) in [6.07, 6.45) is 0. The Hall–Kier alpha value is -0.120. The minimum Gasteiger partial charge on any atom is -0.396 e. The molecule has 1 saturated carbocycles. The van der Waals surface area contributed by atoms with Gasteiger partial charge >= 0.3 is 0 Å². The van der Waals surface area contributed by atoms with Gasteiger partial charge in [0.2, 0.25) is 0 Å². The Morgan fingerprint density at radius 2 is 1.69 bits per heavy atom. The zero-order valence-electron chi connectivity index (χ0n) is 8.99. The monoisotopic (exact) mass is 187 g/mol. The predicted molar refractivity (Wildman–Crippen MR) is 52.4 cm³/mol. The Morgan fingerprint density at radius 1 is 1.15 bits per heavy atom. The molecular formula is C10H21NO2. The second-order valence-corrected chi connectivity index (χ2v) is 4.87. The first kappa shape index (κ1) is 11.0. The summed E-state index contributed by atoms with van der Waals surface area (Å²) in [6, 6.07) is 0.384. The molecule has 3 atom stereocenters. The van der Waals surface area contributed by atoms with E-state index in [9.17, 15) is 10.2 Å². The molecule has 13 heavy (non-hydrogen) atoms. The third-order valence-electron chi connectivity index (χ3n) is 3.60. The molecule has 2 N–H and O–H groups in total. The van der Waals surface area contributed by atoms with E-state index >= 15 is 0 Å². The molecule has 1 fully saturated rings. The Kier molecular flexibility index (Phi) is 3.00. The molecule has 0 aromatic carbocycles. The van der Waals surface area contributed by atoms with Crippen LogP contribution < -0.4 is 0 Å². The summed E-state index contributed by atoms with van der Waals surface area (Å²) < 4.78 is 0. The van der Waals surface area contributed by atoms with E-state index in [2.05, 4.69) is 18.7 Å². The van der Waals surface area contributed by atoms with Crippen LogP contribution in [0.3, 0.4) is 0 Å². The number of hydrogen-bond donors (Lipinski definition) is 2. The molecule has 0 aromatic rings. The van der Waals surface area contributed by atoms with E-state index in [1.165, 1.54) is 0 Å². The van der Waals surface area contributed by atoms with Crippen molar-refractivity contribution in [2.75, 3.05) is 27.3 Å². The van der Waals surface area contributed by atoms with Crippen LogP contribution in [0.15, 0.2) is 0 Å². The van der Waals surface area contributed by atoms with Gasteiger partial charge < -0.3 is 15.1 Å². The predicted octanol–water partition coefficient (Wildman–Crippen LogP) is 0.173. The largest absolute Gasteiger partial charge is 0.396 e. The summed E-state index contributed by atoms with van der Waals surface area (Å²) in [7, 11) is 4.06. The first-order chi connectivity index (χ1) is 5.96. The van der Waals surface area contributed by atoms with Crippen LogP contribution in [0, 0.1) is 17.3 Å². The van der Waals surface area contributed by atoms with Gasteiger partial charge in [-0.3, -0.25) is 0 Å². The van der Waals surface area contributed by atoms with Gasteiger partial charge in [0, 0.05) is 25.2 Å². The summed E-state index contributed by atoms with van der Waals surface area (Å²) in [5.74, 6) is 0.472. The molecule has 3 heteroatoms. The van der Waals surface area contributed by atoms with Gasteiger partial charge in [-0.25, -0.2) is 0 Å². The smallest absolute Gasteiger partial charge is 0.0478 e. The fraction of sp³-hybridized carbons (Fsp3) is 1.00. The van der Waals surface area contributed by atoms with Gasteiger partial charge in [0.15, 0.2) is 0 Å². The third-order valence-corrected chi connectivity index (χ3v) is 3.60. The molecule has 0 radical (unpaired) electrons. The Bertz CT molecular complexity index is 180. The van der Waals surface area contributed by atoms with Crippen molar-refractivity contribution in [3.8, 4) is 0 Å². The summed E-state index contributed by atoms with van der Waals surface area (Å²) in [5, 5.41) is 18.4. The highest BCUT2D eigenvalue weighted by Crippen LogP contribution is 2.52. The van der Waals surface area contributed by atoms with Gasteiger partial charge in [-0.2, -0.15) is 0 Å². The van der Waals surface area contributed by atoms with E-state index in [0.717, 1.165) is 0 Å². The molecule has 0 amide bonds. The number of rotatable bonds is 3. The van der Waals surface area contributed by atoms with Crippen molar-refractivity contribution in [3.05, 3.63) is 0 Å². The lowest BCUT2D eigenvalue weighted by molar-refractivity contribution is -0.145. The molecule has 0 aromatic heterocycles. The molecule has 0 spiro atoms. The molecule has 0 bridgehead atoms. The van der Waals surface area contributed by atoms with Crippen LogP contribution in [-0.2, 0) is 0 Å². The second-order valence-electron chi connectivity index (χ2n) is 4.87. The fourth-order valence-corrected chi connectivity index (χ4v) is 3.07. The number of nitrogens with zero attached hydrogens (tertiary/aromatic N) is 1. The quantitative estimate of drug-likeness (QED) is 0.662. The molecule has 1 rings (SSSR count). The Balaban J connectivity index is 2.74. The molecule has 0 saturated heterocycles. The molecular weight excluding hydrogens is 166 g/mol. The number of aliphatic hydroxyl groups is 2. The Morgan fingerprint density at radius 3 is 2.00 bits per heavy atom. The van der Waals surface area contributed by atoms with Crippen molar-refractivity contribution in [2.24, 2.45) is 17.3 Å². The molecule has 1 aliphatic carbocycles. The van der Waals surface area contributed by atoms with Crippen LogP contribution in [0.25, 0.3) is 0 Å². The van der Waals surface area contributed by atoms with Crippen LogP contribution in [0.1, 0.15) is 13.8 Å². The minimum atomic E-state index is 0.117. The average molecular weight is 187 g/mol. The first-order valence-electron chi connectivity index (χ1n) is 4.85. The van der Waals surface area contributed by atoms with Gasteiger partial charge in [-0.05, 0) is 25.4 Å². The molecule has 0 heterocycles. The van der Waals surface area contributed by atoms with Crippen LogP contribution in [-0.4, -0.2) is 48.5 Å². The lowest BCUT2D eigenvalue weighted by Crippen LogP contribution is -2.65. The number of aliphatic hydroxyl groups excluding tert-OH is 2. The average Bonchev–Trinajstić information content (AvgIpc) is 2.00. The van der Waals surface area contributed by atoms with E-state index in [4.69, 9.17) is 0 Å². The van der Waals surface area contributed by atoms with Crippen molar-refractivity contribution in [1.29, 1.82) is 0 Å². The van der Waals surface area contributed by atoms with Crippen molar-refractivity contribution in [1.82, 2.24) is 4.90 Å². The van der Waals surface area contributed by atoms with Crippen LogP contribution in [0.5, 0.6) is 0 Å². The normalized spacial score (nSPS) is 37.6. The van der Waals surface area contributed by atoms with E-state index in [1.807, 2.05) is 14.1 Å². The maximum Gasteiger partial charge on any atom is 0.0478 e. The summed E-state index contributed by atoms with van der Waals surface area (Å²) in [5.41, 5.74) is 0.117. The van der Waals surface area contributed by atoms with Gasteiger partial charge in [0.1, 0.15) is 0 Å².